The lowest BCUT2D eigenvalue weighted by atomic mass is 10.0. The Balaban J connectivity index is 4.89. The topological polar surface area (TPSA) is 138 Å². The van der Waals surface area contributed by atoms with Crippen molar-refractivity contribution in [2.24, 2.45) is 11.7 Å². The molecule has 0 aromatic heterocycles. The Morgan fingerprint density at radius 2 is 1.76 bits per heavy atom. The number of nitrogens with two attached hydrogens (primary N) is 1. The van der Waals surface area contributed by atoms with Gasteiger partial charge in [-0.2, -0.15) is 0 Å². The molecule has 5 N–H and O–H groups in total. The van der Waals surface area contributed by atoms with Gasteiger partial charge in [-0.3, -0.25) is 14.2 Å². The smallest absolute Gasteiger partial charge is 0.307 e. The van der Waals surface area contributed by atoms with E-state index in [1.807, 2.05) is 0 Å². The van der Waals surface area contributed by atoms with E-state index in [-0.39, 0.29) is 12.8 Å². The molecule has 0 aromatic rings. The first-order valence-electron chi connectivity index (χ1n) is 5.13. The standard InChI is InChI=1S/C9H18NO6P/c1-5(17(15,16)6(2)10)7(9(13)14)3-4-8(11)12/h5-7H,3-4,10H2,1-2H3,(H,11,12)(H,13,14)(H,15,16). The van der Waals surface area contributed by atoms with Gasteiger partial charge in [0.05, 0.1) is 11.7 Å². The Hall–Kier alpha value is -0.910. The summed E-state index contributed by atoms with van der Waals surface area (Å²) in [5.74, 6) is -4.65. The molecule has 0 aliphatic carbocycles. The first kappa shape index (κ1) is 16.1. The third-order valence-electron chi connectivity index (χ3n) is 2.74. The minimum atomic E-state index is -3.82. The second kappa shape index (κ2) is 6.14. The summed E-state index contributed by atoms with van der Waals surface area (Å²) in [6.07, 6.45) is -0.552. The van der Waals surface area contributed by atoms with Crippen LogP contribution in [0, 0.1) is 5.92 Å². The maximum atomic E-state index is 11.8. The molecule has 0 spiro atoms. The average Bonchev–Trinajstić information content (AvgIpc) is 2.16. The highest BCUT2D eigenvalue weighted by molar-refractivity contribution is 7.59. The third kappa shape index (κ3) is 4.46. The fourth-order valence-electron chi connectivity index (χ4n) is 1.48. The van der Waals surface area contributed by atoms with Crippen LogP contribution < -0.4 is 5.73 Å². The first-order chi connectivity index (χ1) is 7.60. The minimum Gasteiger partial charge on any atom is -0.481 e. The minimum absolute atomic E-state index is 0.191. The quantitative estimate of drug-likeness (QED) is 0.493. The Morgan fingerprint density at radius 1 is 1.29 bits per heavy atom. The second-order valence-electron chi connectivity index (χ2n) is 4.03. The summed E-state index contributed by atoms with van der Waals surface area (Å²) in [4.78, 5) is 31.0. The number of aliphatic carboxylic acids is 2. The predicted octanol–water partition coefficient (Wildman–Crippen LogP) is 0.516. The van der Waals surface area contributed by atoms with E-state index < -0.39 is 36.7 Å². The maximum absolute atomic E-state index is 11.8. The molecule has 0 bridgehead atoms. The summed E-state index contributed by atoms with van der Waals surface area (Å²) in [5, 5.41) is 17.4. The Labute approximate surface area is 99.1 Å². The van der Waals surface area contributed by atoms with Crippen molar-refractivity contribution < 1.29 is 29.3 Å². The lowest BCUT2D eigenvalue weighted by Gasteiger charge is -2.27. The van der Waals surface area contributed by atoms with Gasteiger partial charge in [0.2, 0.25) is 7.37 Å². The van der Waals surface area contributed by atoms with Gasteiger partial charge < -0.3 is 20.8 Å². The third-order valence-corrected chi connectivity index (χ3v) is 5.43. The number of carbonyl (C=O) groups is 2. The van der Waals surface area contributed by atoms with E-state index in [4.69, 9.17) is 15.9 Å². The van der Waals surface area contributed by atoms with Crippen molar-refractivity contribution in [1.82, 2.24) is 0 Å². The van der Waals surface area contributed by atoms with Crippen LogP contribution >= 0.6 is 7.37 Å². The van der Waals surface area contributed by atoms with Crippen molar-refractivity contribution in [3.63, 3.8) is 0 Å². The molecule has 4 atom stereocenters. The molecule has 0 aromatic carbocycles. The SMILES string of the molecule is CC(N)P(=O)(O)C(C)C(CCC(=O)O)C(=O)O. The summed E-state index contributed by atoms with van der Waals surface area (Å²) in [7, 11) is -3.82. The first-order valence-corrected chi connectivity index (χ1v) is 6.92. The van der Waals surface area contributed by atoms with E-state index >= 15 is 0 Å². The number of carboxylic acid groups (broad SMARTS) is 2. The highest BCUT2D eigenvalue weighted by Gasteiger charge is 2.40. The van der Waals surface area contributed by atoms with Gasteiger partial charge >= 0.3 is 11.9 Å². The zero-order valence-corrected chi connectivity index (χ0v) is 10.6. The van der Waals surface area contributed by atoms with Crippen LogP contribution in [0.2, 0.25) is 0 Å². The molecule has 0 radical (unpaired) electrons. The Bertz CT molecular complexity index is 342. The lowest BCUT2D eigenvalue weighted by Crippen LogP contribution is -2.31. The van der Waals surface area contributed by atoms with E-state index in [1.165, 1.54) is 13.8 Å². The van der Waals surface area contributed by atoms with E-state index in [0.717, 1.165) is 0 Å². The highest BCUT2D eigenvalue weighted by Crippen LogP contribution is 2.52. The van der Waals surface area contributed by atoms with E-state index in [9.17, 15) is 19.0 Å². The second-order valence-corrected chi connectivity index (χ2v) is 7.00. The van der Waals surface area contributed by atoms with Gasteiger partial charge in [0.25, 0.3) is 0 Å². The molecule has 0 amide bonds. The molecule has 17 heavy (non-hydrogen) atoms. The van der Waals surface area contributed by atoms with Gasteiger partial charge in [0, 0.05) is 12.1 Å². The number of rotatable bonds is 7. The predicted molar refractivity (Wildman–Crippen MR) is 60.9 cm³/mol. The van der Waals surface area contributed by atoms with Crippen LogP contribution in [0.25, 0.3) is 0 Å². The molecule has 0 saturated heterocycles. The van der Waals surface area contributed by atoms with Crippen molar-refractivity contribution in [3.8, 4) is 0 Å². The molecule has 7 nitrogen and oxygen atoms in total. The molecule has 100 valence electrons. The molecule has 0 rings (SSSR count). The fourth-order valence-corrected chi connectivity index (χ4v) is 3.01. The van der Waals surface area contributed by atoms with Gasteiger partial charge in [0.1, 0.15) is 0 Å². The fraction of sp³-hybridized carbons (Fsp3) is 0.778. The van der Waals surface area contributed by atoms with E-state index in [2.05, 4.69) is 0 Å². The van der Waals surface area contributed by atoms with Crippen LogP contribution in [0.4, 0.5) is 0 Å². The molecule has 8 heteroatoms. The molecule has 0 heterocycles. The summed E-state index contributed by atoms with van der Waals surface area (Å²) in [6.45, 7) is 2.64. The summed E-state index contributed by atoms with van der Waals surface area (Å²) < 4.78 is 11.8. The van der Waals surface area contributed by atoms with Crippen LogP contribution in [0.3, 0.4) is 0 Å². The number of hydrogen-bond acceptors (Lipinski definition) is 4. The molecule has 0 aliphatic heterocycles. The van der Waals surface area contributed by atoms with Crippen LogP contribution in [-0.4, -0.2) is 38.5 Å². The highest BCUT2D eigenvalue weighted by atomic mass is 31.2. The van der Waals surface area contributed by atoms with Gasteiger partial charge in [0.15, 0.2) is 0 Å². The normalized spacial score (nSPS) is 20.0. The maximum Gasteiger partial charge on any atom is 0.307 e. The van der Waals surface area contributed by atoms with Gasteiger partial charge in [-0.05, 0) is 13.3 Å². The zero-order valence-electron chi connectivity index (χ0n) is 9.74. The van der Waals surface area contributed by atoms with Gasteiger partial charge in [-0.1, -0.05) is 6.92 Å². The Kier molecular flexibility index (Phi) is 5.81. The Morgan fingerprint density at radius 3 is 2.06 bits per heavy atom. The van der Waals surface area contributed by atoms with Crippen LogP contribution in [0.5, 0.6) is 0 Å². The average molecular weight is 267 g/mol. The van der Waals surface area contributed by atoms with Crippen molar-refractivity contribution in [3.05, 3.63) is 0 Å². The number of carboxylic acids is 2. The monoisotopic (exact) mass is 267 g/mol. The van der Waals surface area contributed by atoms with Crippen LogP contribution in [0.1, 0.15) is 26.7 Å². The van der Waals surface area contributed by atoms with Gasteiger partial charge in [-0.25, -0.2) is 0 Å². The van der Waals surface area contributed by atoms with Crippen molar-refractivity contribution in [2.45, 2.75) is 38.1 Å². The zero-order chi connectivity index (χ0) is 13.8. The van der Waals surface area contributed by atoms with Crippen LogP contribution in [-0.2, 0) is 14.2 Å². The molecule has 0 fully saturated rings. The number of hydrogen-bond donors (Lipinski definition) is 4. The van der Waals surface area contributed by atoms with Gasteiger partial charge in [-0.15, -0.1) is 0 Å². The molecule has 0 saturated carbocycles. The molecular formula is C9H18NO6P. The molecular weight excluding hydrogens is 249 g/mol. The van der Waals surface area contributed by atoms with Crippen molar-refractivity contribution in [1.29, 1.82) is 0 Å². The van der Waals surface area contributed by atoms with Crippen molar-refractivity contribution in [2.75, 3.05) is 0 Å². The summed E-state index contributed by atoms with van der Waals surface area (Å²) >= 11 is 0. The lowest BCUT2D eigenvalue weighted by molar-refractivity contribution is -0.142. The van der Waals surface area contributed by atoms with Crippen LogP contribution in [0.15, 0.2) is 0 Å². The van der Waals surface area contributed by atoms with E-state index in [0.29, 0.717) is 0 Å². The molecule has 0 aliphatic rings. The summed E-state index contributed by atoms with van der Waals surface area (Å²) in [6, 6.07) is 0. The molecule has 4 unspecified atom stereocenters. The van der Waals surface area contributed by atoms with Crippen molar-refractivity contribution >= 4 is 19.3 Å². The van der Waals surface area contributed by atoms with E-state index in [1.54, 1.807) is 0 Å². The summed E-state index contributed by atoms with van der Waals surface area (Å²) in [5.41, 5.74) is 4.27. The largest absolute Gasteiger partial charge is 0.481 e.